The zero-order valence-corrected chi connectivity index (χ0v) is 13.6. The molecule has 2 heterocycles. The Labute approximate surface area is 133 Å². The Morgan fingerprint density at radius 1 is 1.09 bits per heavy atom. The average Bonchev–Trinajstić information content (AvgIpc) is 2.85. The molecule has 22 heavy (non-hydrogen) atoms. The first-order valence-corrected chi connectivity index (χ1v) is 7.87. The van der Waals surface area contributed by atoms with Gasteiger partial charge >= 0.3 is 0 Å². The lowest BCUT2D eigenvalue weighted by Crippen LogP contribution is -2.05. The predicted octanol–water partition coefficient (Wildman–Crippen LogP) is 3.53. The van der Waals surface area contributed by atoms with Gasteiger partial charge in [0.2, 0.25) is 5.95 Å². The summed E-state index contributed by atoms with van der Waals surface area (Å²) < 4.78 is 0. The molecule has 112 valence electrons. The van der Waals surface area contributed by atoms with Gasteiger partial charge in [0.05, 0.1) is 24.1 Å². The lowest BCUT2D eigenvalue weighted by Gasteiger charge is -2.06. The fourth-order valence-corrected chi connectivity index (χ4v) is 3.01. The third-order valence-electron chi connectivity index (χ3n) is 3.45. The van der Waals surface area contributed by atoms with Gasteiger partial charge in [-0.1, -0.05) is 24.3 Å². The van der Waals surface area contributed by atoms with Crippen LogP contribution in [0.1, 0.15) is 21.1 Å². The molecule has 0 unspecified atom stereocenters. The van der Waals surface area contributed by atoms with Crippen LogP contribution in [0, 0.1) is 20.8 Å². The van der Waals surface area contributed by atoms with E-state index in [1.807, 2.05) is 25.1 Å². The van der Waals surface area contributed by atoms with Gasteiger partial charge in [0.25, 0.3) is 0 Å². The van der Waals surface area contributed by atoms with Gasteiger partial charge in [0.15, 0.2) is 0 Å². The number of aromatic nitrogens is 4. The van der Waals surface area contributed by atoms with Crippen LogP contribution in [0.5, 0.6) is 0 Å². The van der Waals surface area contributed by atoms with Crippen LogP contribution >= 0.6 is 11.3 Å². The van der Waals surface area contributed by atoms with Crippen LogP contribution in [0.3, 0.4) is 0 Å². The molecule has 0 saturated carbocycles. The Morgan fingerprint density at radius 2 is 1.91 bits per heavy atom. The second-order valence-electron chi connectivity index (χ2n) is 5.08. The second-order valence-corrected chi connectivity index (χ2v) is 6.37. The van der Waals surface area contributed by atoms with Crippen molar-refractivity contribution >= 4 is 17.3 Å². The van der Waals surface area contributed by atoms with Crippen molar-refractivity contribution in [3.8, 4) is 11.3 Å². The molecule has 1 aromatic carbocycles. The number of thiazole rings is 1. The third kappa shape index (κ3) is 3.12. The summed E-state index contributed by atoms with van der Waals surface area (Å²) in [5.41, 5.74) is 4.14. The first kappa shape index (κ1) is 14.6. The van der Waals surface area contributed by atoms with Crippen LogP contribution in [0.4, 0.5) is 5.95 Å². The van der Waals surface area contributed by atoms with Gasteiger partial charge in [-0.05, 0) is 26.3 Å². The summed E-state index contributed by atoms with van der Waals surface area (Å²) in [6, 6.07) is 8.11. The molecule has 3 rings (SSSR count). The van der Waals surface area contributed by atoms with Crippen molar-refractivity contribution in [3.63, 3.8) is 0 Å². The van der Waals surface area contributed by atoms with Crippen molar-refractivity contribution in [2.75, 3.05) is 5.32 Å². The molecular formula is C16H17N5S. The van der Waals surface area contributed by atoms with Crippen LogP contribution in [-0.2, 0) is 6.54 Å². The average molecular weight is 311 g/mol. The molecule has 0 radical (unpaired) electrons. The zero-order chi connectivity index (χ0) is 15.5. The minimum absolute atomic E-state index is 0.520. The van der Waals surface area contributed by atoms with E-state index in [2.05, 4.69) is 45.4 Å². The highest BCUT2D eigenvalue weighted by Crippen LogP contribution is 2.21. The van der Waals surface area contributed by atoms with Gasteiger partial charge in [-0.3, -0.25) is 0 Å². The smallest absolute Gasteiger partial charge is 0.243 e. The second kappa shape index (κ2) is 6.19. The fourth-order valence-electron chi connectivity index (χ4n) is 2.14. The number of rotatable bonds is 4. The molecule has 5 nitrogen and oxygen atoms in total. The van der Waals surface area contributed by atoms with Crippen molar-refractivity contribution < 1.29 is 0 Å². The first-order valence-electron chi connectivity index (χ1n) is 7.06. The molecule has 0 atom stereocenters. The number of nitrogens with one attached hydrogen (secondary N) is 1. The Hall–Kier alpha value is -2.34. The van der Waals surface area contributed by atoms with Gasteiger partial charge < -0.3 is 5.32 Å². The standard InChI is InChI=1S/C16H17N5S/c1-10-6-4-5-7-13(10)14-8-18-21-16(20-14)17-9-15-19-11(2)12(3)22-15/h4-8H,9H2,1-3H3,(H,17,20,21). The first-order chi connectivity index (χ1) is 10.6. The van der Waals surface area contributed by atoms with Gasteiger partial charge in [0, 0.05) is 10.4 Å². The maximum absolute atomic E-state index is 4.54. The van der Waals surface area contributed by atoms with Crippen LogP contribution in [-0.4, -0.2) is 20.2 Å². The van der Waals surface area contributed by atoms with Crippen molar-refractivity contribution in [1.82, 2.24) is 20.2 Å². The van der Waals surface area contributed by atoms with E-state index >= 15 is 0 Å². The van der Waals surface area contributed by atoms with Crippen molar-refractivity contribution in [2.45, 2.75) is 27.3 Å². The molecule has 2 aromatic heterocycles. The quantitative estimate of drug-likeness (QED) is 0.798. The van der Waals surface area contributed by atoms with Crippen molar-refractivity contribution in [3.05, 3.63) is 51.6 Å². The maximum atomic E-state index is 4.54. The molecule has 1 N–H and O–H groups in total. The van der Waals surface area contributed by atoms with E-state index in [9.17, 15) is 0 Å². The van der Waals surface area contributed by atoms with E-state index in [-0.39, 0.29) is 0 Å². The molecule has 0 aliphatic heterocycles. The molecule has 0 aliphatic carbocycles. The van der Waals surface area contributed by atoms with Crippen molar-refractivity contribution in [2.24, 2.45) is 0 Å². The largest absolute Gasteiger partial charge is 0.346 e. The van der Waals surface area contributed by atoms with Crippen LogP contribution in [0.15, 0.2) is 30.5 Å². The van der Waals surface area contributed by atoms with Crippen LogP contribution in [0.25, 0.3) is 11.3 Å². The van der Waals surface area contributed by atoms with E-state index in [0.717, 1.165) is 22.0 Å². The number of hydrogen-bond donors (Lipinski definition) is 1. The Morgan fingerprint density at radius 3 is 2.64 bits per heavy atom. The normalized spacial score (nSPS) is 10.7. The number of benzene rings is 1. The number of hydrogen-bond acceptors (Lipinski definition) is 6. The molecule has 0 aliphatic rings. The summed E-state index contributed by atoms with van der Waals surface area (Å²) in [4.78, 5) is 10.3. The highest BCUT2D eigenvalue weighted by Gasteiger charge is 2.07. The molecule has 0 fully saturated rings. The zero-order valence-electron chi connectivity index (χ0n) is 12.8. The molecule has 0 amide bonds. The molecule has 3 aromatic rings. The topological polar surface area (TPSA) is 63.6 Å². The summed E-state index contributed by atoms with van der Waals surface area (Å²) in [7, 11) is 0. The highest BCUT2D eigenvalue weighted by molar-refractivity contribution is 7.11. The van der Waals surface area contributed by atoms with Crippen molar-refractivity contribution in [1.29, 1.82) is 0 Å². The summed E-state index contributed by atoms with van der Waals surface area (Å²) in [5, 5.41) is 12.3. The minimum atomic E-state index is 0.520. The Kier molecular flexibility index (Phi) is 4.11. The Bertz CT molecular complexity index is 777. The Balaban J connectivity index is 1.78. The van der Waals surface area contributed by atoms with Crippen LogP contribution in [0.2, 0.25) is 0 Å². The monoisotopic (exact) mass is 311 g/mol. The fraction of sp³-hybridized carbons (Fsp3) is 0.250. The third-order valence-corrected chi connectivity index (χ3v) is 4.52. The van der Waals surface area contributed by atoms with Gasteiger partial charge in [0.1, 0.15) is 5.01 Å². The van der Waals surface area contributed by atoms with E-state index in [1.54, 1.807) is 17.5 Å². The SMILES string of the molecule is Cc1ccccc1-c1cnnc(NCc2nc(C)c(C)s2)n1. The predicted molar refractivity (Wildman–Crippen MR) is 88.9 cm³/mol. The lowest BCUT2D eigenvalue weighted by molar-refractivity contribution is 0.942. The maximum Gasteiger partial charge on any atom is 0.243 e. The molecule has 0 bridgehead atoms. The molecular weight excluding hydrogens is 294 g/mol. The number of nitrogens with zero attached hydrogens (tertiary/aromatic N) is 4. The van der Waals surface area contributed by atoms with Gasteiger partial charge in [-0.2, -0.15) is 5.10 Å². The molecule has 0 spiro atoms. The lowest BCUT2D eigenvalue weighted by atomic mass is 10.1. The number of anilines is 1. The van der Waals surface area contributed by atoms with E-state index < -0.39 is 0 Å². The molecule has 0 saturated heterocycles. The van der Waals surface area contributed by atoms with Gasteiger partial charge in [-0.25, -0.2) is 9.97 Å². The van der Waals surface area contributed by atoms with E-state index in [0.29, 0.717) is 12.5 Å². The van der Waals surface area contributed by atoms with E-state index in [4.69, 9.17) is 0 Å². The minimum Gasteiger partial charge on any atom is -0.346 e. The van der Waals surface area contributed by atoms with Crippen LogP contribution < -0.4 is 5.32 Å². The summed E-state index contributed by atoms with van der Waals surface area (Å²) >= 11 is 1.69. The highest BCUT2D eigenvalue weighted by atomic mass is 32.1. The van der Waals surface area contributed by atoms with Gasteiger partial charge in [-0.15, -0.1) is 16.4 Å². The summed E-state index contributed by atoms with van der Waals surface area (Å²) in [5.74, 6) is 0.520. The number of aryl methyl sites for hydroxylation is 3. The molecule has 6 heteroatoms. The van der Waals surface area contributed by atoms with E-state index in [1.165, 1.54) is 10.4 Å². The summed E-state index contributed by atoms with van der Waals surface area (Å²) in [6.45, 7) is 6.77. The summed E-state index contributed by atoms with van der Waals surface area (Å²) in [6.07, 6.45) is 1.69.